The Morgan fingerprint density at radius 2 is 2.00 bits per heavy atom. The number of hydrogen-bond donors (Lipinski definition) is 2. The molecule has 27 heavy (non-hydrogen) atoms. The summed E-state index contributed by atoms with van der Waals surface area (Å²) in [5, 5.41) is 7.19. The zero-order valence-electron chi connectivity index (χ0n) is 17.4. The fourth-order valence-electron chi connectivity index (χ4n) is 3.10. The second kappa shape index (κ2) is 9.06. The molecule has 0 unspecified atom stereocenters. The summed E-state index contributed by atoms with van der Waals surface area (Å²) >= 11 is 1.57. The minimum absolute atomic E-state index is 0.0253. The largest absolute Gasteiger partial charge is 0.444 e. The molecule has 1 aliphatic heterocycles. The van der Waals surface area contributed by atoms with Crippen LogP contribution in [0.4, 0.5) is 9.80 Å². The molecule has 152 valence electrons. The van der Waals surface area contributed by atoms with E-state index in [1.807, 2.05) is 27.7 Å². The molecule has 1 aromatic rings. The topological polar surface area (TPSA) is 70.7 Å². The van der Waals surface area contributed by atoms with E-state index in [-0.39, 0.29) is 18.0 Å². The average molecular weight is 396 g/mol. The third kappa shape index (κ3) is 5.94. The summed E-state index contributed by atoms with van der Waals surface area (Å²) in [5.41, 5.74) is 1.88. The highest BCUT2D eigenvalue weighted by Gasteiger charge is 2.33. The normalized spacial score (nSPS) is 16.8. The highest BCUT2D eigenvalue weighted by atomic mass is 32.1. The molecular weight excluding hydrogens is 362 g/mol. The molecule has 0 spiro atoms. The minimum atomic E-state index is -0.507. The molecule has 0 saturated carbocycles. The molecule has 0 aromatic carbocycles. The molecule has 1 aliphatic rings. The molecule has 0 aliphatic carbocycles. The van der Waals surface area contributed by atoms with Gasteiger partial charge in [0.05, 0.1) is 11.5 Å². The lowest BCUT2D eigenvalue weighted by atomic mass is 9.98. The molecule has 0 fully saturated rings. The van der Waals surface area contributed by atoms with Crippen LogP contribution in [0.5, 0.6) is 0 Å². The predicted molar refractivity (Wildman–Crippen MR) is 110 cm³/mol. The van der Waals surface area contributed by atoms with Gasteiger partial charge in [0.1, 0.15) is 5.60 Å². The van der Waals surface area contributed by atoms with Crippen LogP contribution in [0.1, 0.15) is 63.5 Å². The van der Waals surface area contributed by atoms with Crippen LogP contribution in [0.15, 0.2) is 0 Å². The van der Waals surface area contributed by atoms with Crippen LogP contribution in [-0.4, -0.2) is 41.6 Å². The smallest absolute Gasteiger partial charge is 0.410 e. The first-order valence-corrected chi connectivity index (χ1v) is 10.5. The highest BCUT2D eigenvalue weighted by molar-refractivity contribution is 7.16. The van der Waals surface area contributed by atoms with Crippen molar-refractivity contribution >= 4 is 28.3 Å². The Hall–Kier alpha value is -1.60. The van der Waals surface area contributed by atoms with Crippen molar-refractivity contribution in [3.8, 4) is 0 Å². The summed E-state index contributed by atoms with van der Waals surface area (Å²) < 4.78 is 5.54. The molecule has 1 aromatic heterocycles. The Morgan fingerprint density at radius 1 is 1.30 bits per heavy atom. The molecule has 2 heterocycles. The van der Waals surface area contributed by atoms with Crippen molar-refractivity contribution in [2.45, 2.75) is 79.0 Å². The summed E-state index contributed by atoms with van der Waals surface area (Å²) in [7, 11) is 0. The van der Waals surface area contributed by atoms with Crippen molar-refractivity contribution in [3.63, 3.8) is 0 Å². The van der Waals surface area contributed by atoms with Crippen molar-refractivity contribution in [3.05, 3.63) is 16.0 Å². The molecule has 1 atom stereocenters. The molecular formula is C20H33N3O3S. The minimum Gasteiger partial charge on any atom is -0.444 e. The summed E-state index contributed by atoms with van der Waals surface area (Å²) in [6.45, 7) is 14.0. The van der Waals surface area contributed by atoms with E-state index in [0.29, 0.717) is 19.5 Å². The number of fused-ring (bicyclic) bond motifs is 1. The maximum Gasteiger partial charge on any atom is 0.410 e. The zero-order valence-corrected chi connectivity index (χ0v) is 18.2. The maximum atomic E-state index is 12.5. The molecule has 2 rings (SSSR count). The molecule has 7 heteroatoms. The van der Waals surface area contributed by atoms with E-state index in [0.717, 1.165) is 34.8 Å². The van der Waals surface area contributed by atoms with E-state index < -0.39 is 5.60 Å². The second-order valence-corrected chi connectivity index (χ2v) is 9.27. The molecule has 0 radical (unpaired) electrons. The molecule has 2 N–H and O–H groups in total. The fourth-order valence-corrected chi connectivity index (χ4v) is 4.35. The third-order valence-corrected chi connectivity index (χ3v) is 5.77. The van der Waals surface area contributed by atoms with Gasteiger partial charge in [0, 0.05) is 23.9 Å². The van der Waals surface area contributed by atoms with Crippen molar-refractivity contribution in [2.75, 3.05) is 18.4 Å². The van der Waals surface area contributed by atoms with Crippen LogP contribution >= 0.6 is 11.3 Å². The maximum absolute atomic E-state index is 12.5. The zero-order chi connectivity index (χ0) is 20.2. The van der Waals surface area contributed by atoms with Crippen molar-refractivity contribution in [1.82, 2.24) is 10.2 Å². The number of carbonyl (C=O) groups excluding carboxylic acids is 2. The van der Waals surface area contributed by atoms with E-state index in [4.69, 9.17) is 4.74 Å². The first kappa shape index (κ1) is 21.7. The van der Waals surface area contributed by atoms with Crippen LogP contribution in [-0.2, 0) is 22.5 Å². The van der Waals surface area contributed by atoms with Gasteiger partial charge < -0.3 is 20.3 Å². The molecule has 6 nitrogen and oxygen atoms in total. The highest BCUT2D eigenvalue weighted by Crippen LogP contribution is 2.38. The second-order valence-electron chi connectivity index (χ2n) is 8.17. The number of carbonyl (C=O) groups is 2. The van der Waals surface area contributed by atoms with E-state index in [9.17, 15) is 9.59 Å². The monoisotopic (exact) mass is 395 g/mol. The van der Waals surface area contributed by atoms with Gasteiger partial charge >= 0.3 is 6.09 Å². The Morgan fingerprint density at radius 3 is 2.63 bits per heavy atom. The third-order valence-electron chi connectivity index (χ3n) is 4.54. The summed E-state index contributed by atoms with van der Waals surface area (Å²) in [6, 6.07) is 0.0717. The van der Waals surface area contributed by atoms with Gasteiger partial charge in [-0.1, -0.05) is 6.92 Å². The van der Waals surface area contributed by atoms with Gasteiger partial charge in [0.2, 0.25) is 5.91 Å². The number of hydrogen-bond acceptors (Lipinski definition) is 5. The summed E-state index contributed by atoms with van der Waals surface area (Å²) in [6.07, 6.45) is 2.03. The Labute approximate surface area is 166 Å². The number of ether oxygens (including phenoxy) is 1. The first-order valence-electron chi connectivity index (χ1n) is 9.73. The van der Waals surface area contributed by atoms with Crippen LogP contribution in [0.25, 0.3) is 0 Å². The number of amides is 2. The standard InChI is InChI=1S/C20H33N3O3S/c1-7-9-21-10-8-17(24)22-18-14(3)15-11-13(2)23(12-16(15)27-18)19(25)26-20(4,5)6/h13,21H,7-12H2,1-6H3,(H,22,24)/t13-/m1/s1. The summed E-state index contributed by atoms with van der Waals surface area (Å²) in [5.74, 6) is 0.0253. The Kier molecular flexibility index (Phi) is 7.28. The van der Waals surface area contributed by atoms with Gasteiger partial charge in [-0.25, -0.2) is 4.79 Å². The van der Waals surface area contributed by atoms with Crippen LogP contribution in [0.2, 0.25) is 0 Å². The van der Waals surface area contributed by atoms with E-state index in [1.54, 1.807) is 16.2 Å². The lowest BCUT2D eigenvalue weighted by Crippen LogP contribution is -2.44. The number of nitrogens with zero attached hydrogens (tertiary/aromatic N) is 1. The quantitative estimate of drug-likeness (QED) is 0.713. The fraction of sp³-hybridized carbons (Fsp3) is 0.700. The van der Waals surface area contributed by atoms with Gasteiger partial charge in [-0.2, -0.15) is 0 Å². The van der Waals surface area contributed by atoms with Gasteiger partial charge in [-0.15, -0.1) is 11.3 Å². The van der Waals surface area contributed by atoms with Crippen molar-refractivity contribution in [2.24, 2.45) is 0 Å². The van der Waals surface area contributed by atoms with Gasteiger partial charge in [-0.3, -0.25) is 4.79 Å². The predicted octanol–water partition coefficient (Wildman–Crippen LogP) is 4.07. The first-order chi connectivity index (χ1) is 12.6. The van der Waals surface area contributed by atoms with E-state index in [2.05, 4.69) is 24.5 Å². The van der Waals surface area contributed by atoms with Gasteiger partial charge in [-0.05, 0) is 65.1 Å². The van der Waals surface area contributed by atoms with Gasteiger partial charge in [0.15, 0.2) is 0 Å². The number of anilines is 1. The van der Waals surface area contributed by atoms with Gasteiger partial charge in [0.25, 0.3) is 0 Å². The van der Waals surface area contributed by atoms with E-state index in [1.165, 1.54) is 5.56 Å². The van der Waals surface area contributed by atoms with Crippen LogP contribution < -0.4 is 10.6 Å². The SMILES string of the molecule is CCCNCCC(=O)Nc1sc2c(c1C)C[C@@H](C)N(C(=O)OC(C)(C)C)C2. The molecule has 2 amide bonds. The van der Waals surface area contributed by atoms with Crippen LogP contribution in [0, 0.1) is 6.92 Å². The molecule has 0 saturated heterocycles. The molecule has 0 bridgehead atoms. The summed E-state index contributed by atoms with van der Waals surface area (Å²) in [4.78, 5) is 27.6. The van der Waals surface area contributed by atoms with Crippen molar-refractivity contribution < 1.29 is 14.3 Å². The number of rotatable bonds is 6. The number of thiophene rings is 1. The lowest BCUT2D eigenvalue weighted by Gasteiger charge is -2.35. The Bertz CT molecular complexity index is 679. The van der Waals surface area contributed by atoms with E-state index >= 15 is 0 Å². The Balaban J connectivity index is 2.04. The average Bonchev–Trinajstić information content (AvgIpc) is 2.85. The van der Waals surface area contributed by atoms with Crippen LogP contribution in [0.3, 0.4) is 0 Å². The van der Waals surface area contributed by atoms with Crippen molar-refractivity contribution in [1.29, 1.82) is 0 Å². The lowest BCUT2D eigenvalue weighted by molar-refractivity contribution is -0.116. The number of nitrogens with one attached hydrogen (secondary N) is 2.